The van der Waals surface area contributed by atoms with E-state index >= 15 is 0 Å². The monoisotopic (exact) mass is 479 g/mol. The van der Waals surface area contributed by atoms with E-state index in [1.165, 1.54) is 22.8 Å². The van der Waals surface area contributed by atoms with Crippen molar-refractivity contribution in [2.24, 2.45) is 5.92 Å². The first kappa shape index (κ1) is 21.8. The van der Waals surface area contributed by atoms with Crippen LogP contribution < -0.4 is 5.32 Å². The van der Waals surface area contributed by atoms with Crippen LogP contribution in [0.3, 0.4) is 0 Å². The van der Waals surface area contributed by atoms with Gasteiger partial charge in [0.05, 0.1) is 16.2 Å². The van der Waals surface area contributed by atoms with Crippen molar-refractivity contribution in [1.82, 2.24) is 9.29 Å². The fraction of sp³-hybridized carbons (Fsp3) is 0.238. The smallest absolute Gasteiger partial charge is 0.246 e. The number of nitrogens with zero attached hydrogens (tertiary/aromatic N) is 2. The number of nitrogens with one attached hydrogen (secondary N) is 1. The molecule has 1 aromatic heterocycles. The summed E-state index contributed by atoms with van der Waals surface area (Å²) in [4.78, 5) is 16.5. The maximum atomic E-state index is 13.0. The van der Waals surface area contributed by atoms with Crippen LogP contribution in [0.2, 0.25) is 10.0 Å². The number of oxazole rings is 1. The standard InChI is InChI=1S/C21H19Cl2N3O4S/c22-17-5-2-6-18(23)20(17)31(28,29)26-9-7-14(8-10-26)21(27)25-16-4-1-3-15(11-16)19-12-24-13-30-19/h1-6,11-14H,7-10H2,(H,25,27). The largest absolute Gasteiger partial charge is 0.444 e. The van der Waals surface area contributed by atoms with E-state index in [9.17, 15) is 13.2 Å². The highest BCUT2D eigenvalue weighted by Gasteiger charge is 2.34. The van der Waals surface area contributed by atoms with E-state index in [1.807, 2.05) is 12.1 Å². The third-order valence-corrected chi connectivity index (χ3v) is 8.04. The van der Waals surface area contributed by atoms with Gasteiger partial charge in [0, 0.05) is 30.3 Å². The van der Waals surface area contributed by atoms with Gasteiger partial charge >= 0.3 is 0 Å². The van der Waals surface area contributed by atoms with Crippen molar-refractivity contribution >= 4 is 44.8 Å². The first-order valence-electron chi connectivity index (χ1n) is 9.60. The summed E-state index contributed by atoms with van der Waals surface area (Å²) >= 11 is 12.2. The lowest BCUT2D eigenvalue weighted by Crippen LogP contribution is -2.41. The number of aromatic nitrogens is 1. The fourth-order valence-corrected chi connectivity index (χ4v) is 6.13. The maximum Gasteiger partial charge on any atom is 0.246 e. The van der Waals surface area contributed by atoms with E-state index in [-0.39, 0.29) is 39.9 Å². The Bertz CT molecular complexity index is 1170. The molecule has 1 N–H and O–H groups in total. The summed E-state index contributed by atoms with van der Waals surface area (Å²) in [5, 5.41) is 3.07. The second-order valence-electron chi connectivity index (χ2n) is 7.16. The summed E-state index contributed by atoms with van der Waals surface area (Å²) in [5.74, 6) is 0.150. The molecule has 0 saturated carbocycles. The van der Waals surface area contributed by atoms with Gasteiger partial charge < -0.3 is 9.73 Å². The van der Waals surface area contributed by atoms with Crippen LogP contribution in [0, 0.1) is 5.92 Å². The average molecular weight is 480 g/mol. The third-order valence-electron chi connectivity index (χ3n) is 5.19. The Hall–Kier alpha value is -2.39. The van der Waals surface area contributed by atoms with E-state index in [0.717, 1.165) is 5.56 Å². The van der Waals surface area contributed by atoms with Crippen LogP contribution in [-0.4, -0.2) is 36.7 Å². The molecule has 10 heteroatoms. The van der Waals surface area contributed by atoms with Gasteiger partial charge in [-0.2, -0.15) is 4.31 Å². The molecule has 162 valence electrons. The van der Waals surface area contributed by atoms with Gasteiger partial charge in [-0.3, -0.25) is 4.79 Å². The molecule has 3 aromatic rings. The molecule has 1 aliphatic heterocycles. The highest BCUT2D eigenvalue weighted by atomic mass is 35.5. The number of piperidine rings is 1. The average Bonchev–Trinajstić information content (AvgIpc) is 3.29. The normalized spacial score (nSPS) is 15.7. The Balaban J connectivity index is 1.41. The van der Waals surface area contributed by atoms with Crippen molar-refractivity contribution in [2.75, 3.05) is 18.4 Å². The van der Waals surface area contributed by atoms with Gasteiger partial charge in [-0.25, -0.2) is 13.4 Å². The number of sulfonamides is 1. The van der Waals surface area contributed by atoms with Crippen molar-refractivity contribution in [3.8, 4) is 11.3 Å². The van der Waals surface area contributed by atoms with Crippen molar-refractivity contribution < 1.29 is 17.6 Å². The molecule has 1 saturated heterocycles. The van der Waals surface area contributed by atoms with Crippen molar-refractivity contribution in [3.05, 3.63) is 65.1 Å². The first-order valence-corrected chi connectivity index (χ1v) is 11.8. The summed E-state index contributed by atoms with van der Waals surface area (Å²) in [6, 6.07) is 11.8. The molecule has 1 fully saturated rings. The topological polar surface area (TPSA) is 92.5 Å². The van der Waals surface area contributed by atoms with E-state index in [1.54, 1.807) is 24.4 Å². The van der Waals surface area contributed by atoms with Crippen LogP contribution in [0.4, 0.5) is 5.69 Å². The number of hydrogen-bond donors (Lipinski definition) is 1. The molecule has 0 aliphatic carbocycles. The summed E-state index contributed by atoms with van der Waals surface area (Å²) < 4.78 is 32.6. The maximum absolute atomic E-state index is 13.0. The fourth-order valence-electron chi connectivity index (χ4n) is 3.57. The van der Waals surface area contributed by atoms with Crippen LogP contribution in [0.5, 0.6) is 0 Å². The molecule has 1 amide bonds. The minimum Gasteiger partial charge on any atom is -0.444 e. The molecule has 4 rings (SSSR count). The molecular weight excluding hydrogens is 461 g/mol. The predicted molar refractivity (Wildman–Crippen MR) is 119 cm³/mol. The summed E-state index contributed by atoms with van der Waals surface area (Å²) in [7, 11) is -3.84. The Labute approximate surface area is 190 Å². The summed E-state index contributed by atoms with van der Waals surface area (Å²) in [5.41, 5.74) is 1.43. The second kappa shape index (κ2) is 9.00. The zero-order valence-corrected chi connectivity index (χ0v) is 18.6. The lowest BCUT2D eigenvalue weighted by Gasteiger charge is -2.31. The van der Waals surface area contributed by atoms with Crippen LogP contribution in [0.15, 0.2) is 64.4 Å². The number of carbonyl (C=O) groups is 1. The van der Waals surface area contributed by atoms with Gasteiger partial charge in [-0.15, -0.1) is 0 Å². The number of benzene rings is 2. The van der Waals surface area contributed by atoms with Gasteiger partial charge in [0.1, 0.15) is 4.90 Å². The molecule has 0 bridgehead atoms. The third kappa shape index (κ3) is 4.62. The van der Waals surface area contributed by atoms with Crippen molar-refractivity contribution in [3.63, 3.8) is 0 Å². The second-order valence-corrected chi connectivity index (χ2v) is 9.85. The lowest BCUT2D eigenvalue weighted by molar-refractivity contribution is -0.120. The SMILES string of the molecule is O=C(Nc1cccc(-c2cnco2)c1)C1CCN(S(=O)(=O)c2c(Cl)cccc2Cl)CC1. The Morgan fingerprint density at radius 1 is 1.10 bits per heavy atom. The Kier molecular flexibility index (Phi) is 6.34. The minimum atomic E-state index is -3.84. The van der Waals surface area contributed by atoms with Crippen LogP contribution in [0.1, 0.15) is 12.8 Å². The number of halogens is 2. The van der Waals surface area contributed by atoms with Gasteiger partial charge in [-0.05, 0) is 37.1 Å². The van der Waals surface area contributed by atoms with Crippen molar-refractivity contribution in [1.29, 1.82) is 0 Å². The summed E-state index contributed by atoms with van der Waals surface area (Å²) in [6.45, 7) is 0.417. The van der Waals surface area contributed by atoms with Gasteiger partial charge in [0.25, 0.3) is 0 Å². The van der Waals surface area contributed by atoms with E-state index < -0.39 is 10.0 Å². The number of anilines is 1. The number of hydrogen-bond acceptors (Lipinski definition) is 5. The molecule has 2 heterocycles. The molecule has 0 spiro atoms. The molecule has 0 atom stereocenters. The van der Waals surface area contributed by atoms with Crippen LogP contribution in [-0.2, 0) is 14.8 Å². The molecule has 31 heavy (non-hydrogen) atoms. The summed E-state index contributed by atoms with van der Waals surface area (Å²) in [6.07, 6.45) is 3.74. The molecule has 7 nitrogen and oxygen atoms in total. The van der Waals surface area contributed by atoms with Crippen molar-refractivity contribution in [2.45, 2.75) is 17.7 Å². The van der Waals surface area contributed by atoms with Gasteiger partial charge in [-0.1, -0.05) is 41.4 Å². The van der Waals surface area contributed by atoms with E-state index in [4.69, 9.17) is 27.6 Å². The predicted octanol–water partition coefficient (Wildman–Crippen LogP) is 4.69. The molecular formula is C21H19Cl2N3O4S. The Morgan fingerprint density at radius 3 is 2.42 bits per heavy atom. The molecule has 0 radical (unpaired) electrons. The lowest BCUT2D eigenvalue weighted by atomic mass is 9.97. The molecule has 2 aromatic carbocycles. The minimum absolute atomic E-state index is 0.0824. The zero-order chi connectivity index (χ0) is 22.0. The van der Waals surface area contributed by atoms with Gasteiger partial charge in [0.15, 0.2) is 12.2 Å². The number of amides is 1. The van der Waals surface area contributed by atoms with Crippen LogP contribution >= 0.6 is 23.2 Å². The van der Waals surface area contributed by atoms with E-state index in [0.29, 0.717) is 24.3 Å². The Morgan fingerprint density at radius 2 is 1.77 bits per heavy atom. The highest BCUT2D eigenvalue weighted by molar-refractivity contribution is 7.89. The quantitative estimate of drug-likeness (QED) is 0.572. The number of carbonyl (C=O) groups excluding carboxylic acids is 1. The zero-order valence-electron chi connectivity index (χ0n) is 16.3. The van der Waals surface area contributed by atoms with E-state index in [2.05, 4.69) is 10.3 Å². The highest BCUT2D eigenvalue weighted by Crippen LogP contribution is 2.33. The van der Waals surface area contributed by atoms with Gasteiger partial charge in [0.2, 0.25) is 15.9 Å². The van der Waals surface area contributed by atoms with Crippen LogP contribution in [0.25, 0.3) is 11.3 Å². The first-order chi connectivity index (χ1) is 14.9. The number of rotatable bonds is 5. The molecule has 0 unspecified atom stereocenters. The molecule has 1 aliphatic rings.